The van der Waals surface area contributed by atoms with E-state index in [1.165, 1.54) is 26.2 Å². The van der Waals surface area contributed by atoms with Gasteiger partial charge in [0.1, 0.15) is 10.8 Å². The summed E-state index contributed by atoms with van der Waals surface area (Å²) >= 11 is 6.73. The van der Waals surface area contributed by atoms with Crippen LogP contribution in [0.5, 0.6) is 5.75 Å². The van der Waals surface area contributed by atoms with E-state index in [1.54, 1.807) is 12.1 Å². The molecule has 35 heavy (non-hydrogen) atoms. The van der Waals surface area contributed by atoms with Gasteiger partial charge in [-0.15, -0.1) is 11.3 Å². The molecule has 0 spiro atoms. The average Bonchev–Trinajstić information content (AvgIpc) is 3.14. The van der Waals surface area contributed by atoms with E-state index < -0.39 is 29.5 Å². The Kier molecular flexibility index (Phi) is 7.71. The maximum Gasteiger partial charge on any atom is 0.416 e. The average molecular weight is 527 g/mol. The lowest BCUT2D eigenvalue weighted by Crippen LogP contribution is -2.15. The third kappa shape index (κ3) is 5.75. The fraction of sp³-hybridized carbons (Fsp3) is 0.174. The van der Waals surface area contributed by atoms with E-state index >= 15 is 0 Å². The zero-order valence-electron chi connectivity index (χ0n) is 18.5. The topological polar surface area (TPSA) is 93.7 Å². The molecule has 0 saturated heterocycles. The van der Waals surface area contributed by atoms with Crippen molar-refractivity contribution < 1.29 is 37.0 Å². The first-order valence-electron chi connectivity index (χ1n) is 9.81. The lowest BCUT2D eigenvalue weighted by Gasteiger charge is -2.11. The number of benzene rings is 2. The third-order valence-corrected chi connectivity index (χ3v) is 6.38. The molecule has 7 nitrogen and oxygen atoms in total. The van der Waals surface area contributed by atoms with Gasteiger partial charge in [0.15, 0.2) is 0 Å². The van der Waals surface area contributed by atoms with Crippen molar-refractivity contribution in [1.29, 1.82) is 0 Å². The van der Waals surface area contributed by atoms with E-state index in [2.05, 4.69) is 10.6 Å². The second kappa shape index (κ2) is 10.4. The number of esters is 1. The van der Waals surface area contributed by atoms with Gasteiger partial charge in [-0.25, -0.2) is 4.79 Å². The van der Waals surface area contributed by atoms with Gasteiger partial charge in [-0.3, -0.25) is 9.59 Å². The zero-order chi connectivity index (χ0) is 25.9. The fourth-order valence-electron chi connectivity index (χ4n) is 3.08. The molecule has 0 atom stereocenters. The maximum absolute atomic E-state index is 13.1. The Balaban J connectivity index is 1.96. The Bertz CT molecular complexity index is 1310. The summed E-state index contributed by atoms with van der Waals surface area (Å²) in [4.78, 5) is 38.1. The Labute approximate surface area is 206 Å². The number of alkyl halides is 3. The van der Waals surface area contributed by atoms with Crippen molar-refractivity contribution in [3.8, 4) is 5.75 Å². The van der Waals surface area contributed by atoms with Gasteiger partial charge in [0.25, 0.3) is 11.8 Å². The molecule has 1 heterocycles. The number of nitrogens with one attached hydrogen (secondary N) is 2. The van der Waals surface area contributed by atoms with Crippen molar-refractivity contribution in [2.24, 2.45) is 0 Å². The molecule has 2 N–H and O–H groups in total. The summed E-state index contributed by atoms with van der Waals surface area (Å²) in [6.45, 7) is 1.45. The van der Waals surface area contributed by atoms with Crippen LogP contribution in [0, 0.1) is 6.92 Å². The van der Waals surface area contributed by atoms with Crippen molar-refractivity contribution in [2.45, 2.75) is 13.1 Å². The lowest BCUT2D eigenvalue weighted by molar-refractivity contribution is -0.137. The minimum absolute atomic E-state index is 0.0279. The molecule has 0 radical (unpaired) electrons. The largest absolute Gasteiger partial charge is 0.497 e. The predicted molar refractivity (Wildman–Crippen MR) is 126 cm³/mol. The van der Waals surface area contributed by atoms with Crippen LogP contribution in [0.1, 0.15) is 41.5 Å². The summed E-state index contributed by atoms with van der Waals surface area (Å²) < 4.78 is 49.1. The number of hydrogen-bond donors (Lipinski definition) is 2. The monoisotopic (exact) mass is 526 g/mol. The number of rotatable bonds is 6. The molecule has 3 aromatic rings. The van der Waals surface area contributed by atoms with Gasteiger partial charge in [0, 0.05) is 5.56 Å². The molecule has 0 saturated carbocycles. The number of carbonyl (C=O) groups is 3. The van der Waals surface area contributed by atoms with Gasteiger partial charge in [-0.05, 0) is 48.9 Å². The smallest absolute Gasteiger partial charge is 0.416 e. The number of thiophene rings is 1. The molecule has 184 valence electrons. The lowest BCUT2D eigenvalue weighted by atomic mass is 10.1. The van der Waals surface area contributed by atoms with Crippen LogP contribution < -0.4 is 15.4 Å². The Morgan fingerprint density at radius 1 is 1.00 bits per heavy atom. The van der Waals surface area contributed by atoms with Gasteiger partial charge in [-0.2, -0.15) is 13.2 Å². The molecule has 0 bridgehead atoms. The second-order valence-corrected chi connectivity index (χ2v) is 8.51. The summed E-state index contributed by atoms with van der Waals surface area (Å²) in [5.74, 6) is -1.77. The van der Waals surface area contributed by atoms with E-state index in [9.17, 15) is 27.6 Å². The van der Waals surface area contributed by atoms with Crippen LogP contribution in [0.2, 0.25) is 5.02 Å². The Morgan fingerprint density at radius 3 is 2.34 bits per heavy atom. The van der Waals surface area contributed by atoms with Gasteiger partial charge < -0.3 is 20.1 Å². The van der Waals surface area contributed by atoms with Crippen LogP contribution in [0.4, 0.5) is 23.9 Å². The molecule has 0 aliphatic rings. The Morgan fingerprint density at radius 2 is 1.71 bits per heavy atom. The number of hydrogen-bond acceptors (Lipinski definition) is 6. The van der Waals surface area contributed by atoms with Gasteiger partial charge >= 0.3 is 12.1 Å². The first-order valence-corrected chi connectivity index (χ1v) is 11.0. The number of carbonyl (C=O) groups excluding carboxylic acids is 3. The Hall–Kier alpha value is -3.57. The highest BCUT2D eigenvalue weighted by atomic mass is 35.5. The van der Waals surface area contributed by atoms with E-state index in [0.29, 0.717) is 11.8 Å². The van der Waals surface area contributed by atoms with Crippen molar-refractivity contribution in [2.75, 3.05) is 24.9 Å². The van der Waals surface area contributed by atoms with E-state index in [4.69, 9.17) is 21.1 Å². The van der Waals surface area contributed by atoms with Gasteiger partial charge in [0.2, 0.25) is 0 Å². The number of methoxy groups -OCH3 is 2. The van der Waals surface area contributed by atoms with Crippen LogP contribution >= 0.6 is 22.9 Å². The van der Waals surface area contributed by atoms with Crippen LogP contribution in [-0.2, 0) is 10.9 Å². The first-order chi connectivity index (χ1) is 16.5. The molecule has 0 unspecified atom stereocenters. The summed E-state index contributed by atoms with van der Waals surface area (Å²) in [6, 6.07) is 8.77. The van der Waals surface area contributed by atoms with Gasteiger partial charge in [0.05, 0.1) is 40.9 Å². The number of ether oxygens (including phenoxy) is 2. The highest BCUT2D eigenvalue weighted by molar-refractivity contribution is 7.19. The van der Waals surface area contributed by atoms with E-state index in [0.717, 1.165) is 30.6 Å². The highest BCUT2D eigenvalue weighted by Crippen LogP contribution is 2.37. The molecule has 0 aliphatic carbocycles. The minimum atomic E-state index is -4.64. The van der Waals surface area contributed by atoms with Crippen LogP contribution in [0.15, 0.2) is 42.5 Å². The molecule has 12 heteroatoms. The second-order valence-electron chi connectivity index (χ2n) is 7.08. The van der Waals surface area contributed by atoms with Crippen LogP contribution in [0.3, 0.4) is 0 Å². The number of amides is 2. The summed E-state index contributed by atoms with van der Waals surface area (Å²) in [5.41, 5.74) is -0.923. The normalized spacial score (nSPS) is 11.1. The van der Waals surface area contributed by atoms with Crippen LogP contribution in [0.25, 0.3) is 0 Å². The predicted octanol–water partition coefficient (Wildman–Crippen LogP) is 6.03. The zero-order valence-corrected chi connectivity index (χ0v) is 20.1. The van der Waals surface area contributed by atoms with E-state index in [-0.39, 0.29) is 37.3 Å². The van der Waals surface area contributed by atoms with Crippen molar-refractivity contribution in [1.82, 2.24) is 0 Å². The SMILES string of the molecule is COC(=O)c1c(NC(=O)c2cccc(OC)c2)sc(C(=O)Nc2cc(C(F)(F)F)ccc2Cl)c1C. The molecule has 2 aromatic carbocycles. The molecule has 3 rings (SSSR count). The number of anilines is 2. The van der Waals surface area contributed by atoms with Crippen molar-refractivity contribution in [3.63, 3.8) is 0 Å². The summed E-state index contributed by atoms with van der Waals surface area (Å²) in [5, 5.41) is 4.84. The molecule has 2 amide bonds. The van der Waals surface area contributed by atoms with Crippen molar-refractivity contribution in [3.05, 3.63) is 74.6 Å². The summed E-state index contributed by atoms with van der Waals surface area (Å²) in [6.07, 6.45) is -4.64. The first kappa shape index (κ1) is 26.0. The molecular weight excluding hydrogens is 509 g/mol. The summed E-state index contributed by atoms with van der Waals surface area (Å²) in [7, 11) is 2.58. The van der Waals surface area contributed by atoms with E-state index in [1.807, 2.05) is 0 Å². The molecule has 0 fully saturated rings. The highest BCUT2D eigenvalue weighted by Gasteiger charge is 2.32. The molecule has 0 aliphatic heterocycles. The quantitative estimate of drug-likeness (QED) is 0.383. The van der Waals surface area contributed by atoms with Crippen molar-refractivity contribution >= 4 is 51.4 Å². The number of halogens is 4. The standard InChI is InChI=1S/C23H18ClF3N2O5S/c1-11-17(22(32)34-3)21(29-19(30)12-5-4-6-14(9-12)33-2)35-18(11)20(31)28-16-10-13(23(25,26)27)7-8-15(16)24/h4-10H,1-3H3,(H,28,31)(H,29,30). The minimum Gasteiger partial charge on any atom is -0.497 e. The third-order valence-electron chi connectivity index (χ3n) is 4.84. The maximum atomic E-state index is 13.1. The van der Waals surface area contributed by atoms with Gasteiger partial charge in [-0.1, -0.05) is 17.7 Å². The molecular formula is C23H18ClF3N2O5S. The fourth-order valence-corrected chi connectivity index (χ4v) is 4.33. The van der Waals surface area contributed by atoms with Crippen LogP contribution in [-0.4, -0.2) is 32.0 Å². The molecule has 1 aromatic heterocycles.